The molecule has 0 aromatic heterocycles. The van der Waals surface area contributed by atoms with Gasteiger partial charge in [0.25, 0.3) is 0 Å². The first-order valence-corrected chi connectivity index (χ1v) is 5.49. The number of anilines is 1. The van der Waals surface area contributed by atoms with Crippen molar-refractivity contribution in [3.63, 3.8) is 0 Å². The van der Waals surface area contributed by atoms with Crippen LogP contribution in [-0.4, -0.2) is 7.11 Å². The summed E-state index contributed by atoms with van der Waals surface area (Å²) in [6.07, 6.45) is 0. The third-order valence-electron chi connectivity index (χ3n) is 2.88. The van der Waals surface area contributed by atoms with E-state index in [0.29, 0.717) is 5.92 Å². The summed E-state index contributed by atoms with van der Waals surface area (Å²) in [4.78, 5) is 0. The number of nitrogen functional groups attached to an aromatic ring is 1. The zero-order valence-corrected chi connectivity index (χ0v) is 9.95. The molecule has 16 heavy (non-hydrogen) atoms. The second kappa shape index (κ2) is 4.05. The van der Waals surface area contributed by atoms with Crippen LogP contribution in [0.25, 0.3) is 10.8 Å². The van der Waals surface area contributed by atoms with E-state index in [-0.39, 0.29) is 0 Å². The van der Waals surface area contributed by atoms with Crippen LogP contribution in [0.3, 0.4) is 0 Å². The summed E-state index contributed by atoms with van der Waals surface area (Å²) >= 11 is 0. The summed E-state index contributed by atoms with van der Waals surface area (Å²) in [6, 6.07) is 10.1. The Morgan fingerprint density at radius 2 is 1.81 bits per heavy atom. The molecule has 0 heterocycles. The third-order valence-corrected chi connectivity index (χ3v) is 2.88. The predicted molar refractivity (Wildman–Crippen MR) is 69.0 cm³/mol. The minimum absolute atomic E-state index is 0.413. The van der Waals surface area contributed by atoms with Crippen molar-refractivity contribution >= 4 is 16.5 Å². The van der Waals surface area contributed by atoms with Crippen molar-refractivity contribution in [2.75, 3.05) is 12.8 Å². The second-order valence-electron chi connectivity index (χ2n) is 4.31. The Morgan fingerprint density at radius 3 is 2.44 bits per heavy atom. The Hall–Kier alpha value is -1.70. The van der Waals surface area contributed by atoms with E-state index in [1.807, 2.05) is 12.1 Å². The molecule has 0 amide bonds. The molecule has 0 fully saturated rings. The maximum Gasteiger partial charge on any atom is 0.119 e. The van der Waals surface area contributed by atoms with Gasteiger partial charge >= 0.3 is 0 Å². The zero-order valence-electron chi connectivity index (χ0n) is 9.95. The lowest BCUT2D eigenvalue weighted by atomic mass is 9.94. The van der Waals surface area contributed by atoms with Crippen LogP contribution < -0.4 is 10.5 Å². The van der Waals surface area contributed by atoms with Crippen LogP contribution in [0.1, 0.15) is 25.3 Å². The van der Waals surface area contributed by atoms with E-state index in [1.54, 1.807) is 7.11 Å². The lowest BCUT2D eigenvalue weighted by molar-refractivity contribution is 0.415. The van der Waals surface area contributed by atoms with Crippen molar-refractivity contribution in [3.05, 3.63) is 35.9 Å². The number of rotatable bonds is 2. The molecule has 2 N–H and O–H groups in total. The highest BCUT2D eigenvalue weighted by Gasteiger charge is 2.09. The van der Waals surface area contributed by atoms with Crippen LogP contribution in [0.15, 0.2) is 30.3 Å². The third kappa shape index (κ3) is 1.71. The Kier molecular flexibility index (Phi) is 2.73. The number of hydrogen-bond acceptors (Lipinski definition) is 2. The molecular weight excluding hydrogens is 198 g/mol. The second-order valence-corrected chi connectivity index (χ2v) is 4.31. The van der Waals surface area contributed by atoms with Gasteiger partial charge in [0, 0.05) is 5.69 Å². The molecule has 0 bridgehead atoms. The van der Waals surface area contributed by atoms with Gasteiger partial charge in [-0.3, -0.25) is 0 Å². The fourth-order valence-corrected chi connectivity index (χ4v) is 2.11. The Bertz CT molecular complexity index is 517. The number of nitrogens with two attached hydrogens (primary N) is 1. The maximum atomic E-state index is 6.04. The van der Waals surface area contributed by atoms with Gasteiger partial charge in [-0.1, -0.05) is 26.0 Å². The molecule has 0 aliphatic carbocycles. The van der Waals surface area contributed by atoms with E-state index < -0.39 is 0 Å². The first-order valence-electron chi connectivity index (χ1n) is 5.49. The standard InChI is InChI=1S/C14H17NO/c1-9(2)14-12-8-11(16-3)6-4-10(12)5-7-13(14)15/h4-9H,15H2,1-3H3. The molecule has 2 nitrogen and oxygen atoms in total. The van der Waals surface area contributed by atoms with Crippen molar-refractivity contribution in [3.8, 4) is 5.75 Å². The van der Waals surface area contributed by atoms with Crippen LogP contribution in [0.5, 0.6) is 5.75 Å². The van der Waals surface area contributed by atoms with Crippen LogP contribution in [0.2, 0.25) is 0 Å². The molecule has 0 radical (unpaired) electrons. The van der Waals surface area contributed by atoms with Crippen LogP contribution in [-0.2, 0) is 0 Å². The molecule has 0 aliphatic heterocycles. The fourth-order valence-electron chi connectivity index (χ4n) is 2.11. The summed E-state index contributed by atoms with van der Waals surface area (Å²) in [5.41, 5.74) is 8.10. The van der Waals surface area contributed by atoms with Gasteiger partial charge in [-0.05, 0) is 40.5 Å². The van der Waals surface area contributed by atoms with Crippen LogP contribution in [0, 0.1) is 0 Å². The van der Waals surface area contributed by atoms with Gasteiger partial charge in [0.05, 0.1) is 7.11 Å². The number of benzene rings is 2. The molecule has 0 saturated heterocycles. The molecule has 2 aromatic rings. The van der Waals surface area contributed by atoms with Crippen molar-refractivity contribution in [1.29, 1.82) is 0 Å². The number of ether oxygens (including phenoxy) is 1. The SMILES string of the molecule is COc1ccc2ccc(N)c(C(C)C)c2c1. The average Bonchev–Trinajstić information content (AvgIpc) is 2.27. The molecule has 2 rings (SSSR count). The molecule has 0 spiro atoms. The average molecular weight is 215 g/mol. The van der Waals surface area contributed by atoms with E-state index in [4.69, 9.17) is 10.5 Å². The smallest absolute Gasteiger partial charge is 0.119 e. The van der Waals surface area contributed by atoms with E-state index in [2.05, 4.69) is 32.0 Å². The van der Waals surface area contributed by atoms with Crippen LogP contribution in [0.4, 0.5) is 5.69 Å². The topological polar surface area (TPSA) is 35.2 Å². The molecule has 2 aromatic carbocycles. The lowest BCUT2D eigenvalue weighted by Gasteiger charge is -2.14. The monoisotopic (exact) mass is 215 g/mol. The molecule has 0 unspecified atom stereocenters. The minimum atomic E-state index is 0.413. The highest BCUT2D eigenvalue weighted by Crippen LogP contribution is 2.32. The highest BCUT2D eigenvalue weighted by atomic mass is 16.5. The number of hydrogen-bond donors (Lipinski definition) is 1. The first-order chi connectivity index (χ1) is 7.63. The molecule has 0 atom stereocenters. The van der Waals surface area contributed by atoms with Crippen molar-refractivity contribution in [2.24, 2.45) is 0 Å². The van der Waals surface area contributed by atoms with Crippen molar-refractivity contribution in [1.82, 2.24) is 0 Å². The maximum absolute atomic E-state index is 6.04. The zero-order chi connectivity index (χ0) is 11.7. The Labute approximate surface area is 96.0 Å². The van der Waals surface area contributed by atoms with Gasteiger partial charge < -0.3 is 10.5 Å². The highest BCUT2D eigenvalue weighted by molar-refractivity contribution is 5.91. The largest absolute Gasteiger partial charge is 0.497 e. The van der Waals surface area contributed by atoms with E-state index >= 15 is 0 Å². The summed E-state index contributed by atoms with van der Waals surface area (Å²) in [7, 11) is 1.68. The first kappa shape index (κ1) is 10.8. The summed E-state index contributed by atoms with van der Waals surface area (Å²) in [5, 5.41) is 2.40. The lowest BCUT2D eigenvalue weighted by Crippen LogP contribution is -1.97. The molecular formula is C14H17NO. The predicted octanol–water partition coefficient (Wildman–Crippen LogP) is 3.55. The van der Waals surface area contributed by atoms with E-state index in [0.717, 1.165) is 11.4 Å². The molecule has 0 aliphatic rings. The van der Waals surface area contributed by atoms with Crippen LogP contribution >= 0.6 is 0 Å². The van der Waals surface area contributed by atoms with Gasteiger partial charge in [0.15, 0.2) is 0 Å². The van der Waals surface area contributed by atoms with Gasteiger partial charge in [0.2, 0.25) is 0 Å². The Morgan fingerprint density at radius 1 is 1.12 bits per heavy atom. The van der Waals surface area contributed by atoms with Crippen molar-refractivity contribution in [2.45, 2.75) is 19.8 Å². The quantitative estimate of drug-likeness (QED) is 0.777. The summed E-state index contributed by atoms with van der Waals surface area (Å²) in [5.74, 6) is 1.29. The van der Waals surface area contributed by atoms with E-state index in [9.17, 15) is 0 Å². The summed E-state index contributed by atoms with van der Waals surface area (Å²) in [6.45, 7) is 4.31. The fraction of sp³-hybridized carbons (Fsp3) is 0.286. The summed E-state index contributed by atoms with van der Waals surface area (Å²) < 4.78 is 5.26. The Balaban J connectivity index is 2.78. The van der Waals surface area contributed by atoms with Gasteiger partial charge in [-0.25, -0.2) is 0 Å². The van der Waals surface area contributed by atoms with Crippen molar-refractivity contribution < 1.29 is 4.74 Å². The normalized spacial score (nSPS) is 11.0. The molecule has 2 heteroatoms. The van der Waals surface area contributed by atoms with E-state index in [1.165, 1.54) is 16.3 Å². The number of methoxy groups -OCH3 is 1. The molecule has 84 valence electrons. The number of fused-ring (bicyclic) bond motifs is 1. The van der Waals surface area contributed by atoms with Gasteiger partial charge in [0.1, 0.15) is 5.75 Å². The van der Waals surface area contributed by atoms with Gasteiger partial charge in [-0.15, -0.1) is 0 Å². The minimum Gasteiger partial charge on any atom is -0.497 e. The molecule has 0 saturated carbocycles. The van der Waals surface area contributed by atoms with Gasteiger partial charge in [-0.2, -0.15) is 0 Å².